The van der Waals surface area contributed by atoms with Crippen molar-refractivity contribution in [1.82, 2.24) is 4.90 Å². The predicted molar refractivity (Wildman–Crippen MR) is 68.7 cm³/mol. The maximum absolute atomic E-state index is 9.20. The maximum atomic E-state index is 9.20. The molecule has 4 nitrogen and oxygen atoms in total. The van der Waals surface area contributed by atoms with Crippen LogP contribution in [0.2, 0.25) is 0 Å². The molecule has 0 aromatic heterocycles. The molecular formula is C12H27N3O. The Hall–Kier alpha value is -0.610. The number of nitrogens with two attached hydrogens (primary N) is 1. The summed E-state index contributed by atoms with van der Waals surface area (Å²) >= 11 is 0. The van der Waals surface area contributed by atoms with Crippen LogP contribution in [0.3, 0.4) is 0 Å². The van der Waals surface area contributed by atoms with Gasteiger partial charge < -0.3 is 15.7 Å². The molecule has 0 aliphatic carbocycles. The number of amidine groups is 1. The Bertz CT molecular complexity index is 214. The first kappa shape index (κ1) is 15.4. The summed E-state index contributed by atoms with van der Waals surface area (Å²) in [5.41, 5.74) is 5.34. The number of hydrogen-bond acceptors (Lipinski definition) is 3. The molecule has 0 saturated carbocycles. The highest BCUT2D eigenvalue weighted by molar-refractivity contribution is 5.82. The van der Waals surface area contributed by atoms with Gasteiger partial charge in [-0.25, -0.2) is 0 Å². The van der Waals surface area contributed by atoms with Crippen LogP contribution in [0, 0.1) is 10.8 Å². The minimum absolute atomic E-state index is 0.178. The molecule has 0 aliphatic rings. The van der Waals surface area contributed by atoms with Gasteiger partial charge in [0, 0.05) is 12.0 Å². The minimum atomic E-state index is -0.265. The van der Waals surface area contributed by atoms with Crippen molar-refractivity contribution >= 4 is 5.84 Å². The van der Waals surface area contributed by atoms with Gasteiger partial charge in [0.1, 0.15) is 0 Å². The number of nitrogens with zero attached hydrogens (tertiary/aromatic N) is 1. The highest BCUT2D eigenvalue weighted by atomic mass is 16.3. The number of nitrogens with one attached hydrogen (secondary N) is 1. The fourth-order valence-electron chi connectivity index (χ4n) is 1.63. The van der Waals surface area contributed by atoms with Gasteiger partial charge in [0.15, 0.2) is 0 Å². The molecule has 4 heteroatoms. The average molecular weight is 229 g/mol. The first-order chi connectivity index (χ1) is 7.25. The van der Waals surface area contributed by atoms with Gasteiger partial charge in [0.2, 0.25) is 0 Å². The van der Waals surface area contributed by atoms with Crippen LogP contribution >= 0.6 is 0 Å². The quantitative estimate of drug-likeness (QED) is 0.335. The first-order valence-electron chi connectivity index (χ1n) is 5.97. The van der Waals surface area contributed by atoms with Crippen molar-refractivity contribution < 1.29 is 5.11 Å². The molecule has 1 unspecified atom stereocenters. The lowest BCUT2D eigenvalue weighted by atomic mass is 9.86. The van der Waals surface area contributed by atoms with Crippen LogP contribution in [0.4, 0.5) is 0 Å². The van der Waals surface area contributed by atoms with E-state index in [2.05, 4.69) is 4.90 Å². The molecule has 4 N–H and O–H groups in total. The Kier molecular flexibility index (Phi) is 6.60. The molecule has 0 aliphatic heterocycles. The van der Waals surface area contributed by atoms with Crippen LogP contribution in [0.15, 0.2) is 0 Å². The second kappa shape index (κ2) is 6.86. The summed E-state index contributed by atoms with van der Waals surface area (Å²) in [6.07, 6.45) is 2.83. The van der Waals surface area contributed by atoms with Gasteiger partial charge in [-0.3, -0.25) is 5.41 Å². The molecule has 0 aromatic rings. The molecule has 0 fully saturated rings. The van der Waals surface area contributed by atoms with E-state index in [0.717, 1.165) is 32.4 Å². The molecule has 0 rings (SSSR count). The fraction of sp³-hybridized carbons (Fsp3) is 0.917. The number of likely N-dealkylation sites (N-methyl/N-ethyl adjacent to an activating group) is 1. The molecular weight excluding hydrogens is 202 g/mol. The minimum Gasteiger partial charge on any atom is -0.392 e. The zero-order valence-electron chi connectivity index (χ0n) is 11.1. The smallest absolute Gasteiger partial charge is 0.0963 e. The normalized spacial score (nSPS) is 14.1. The van der Waals surface area contributed by atoms with Crippen LogP contribution in [0.5, 0.6) is 0 Å². The summed E-state index contributed by atoms with van der Waals surface area (Å²) in [5, 5.41) is 16.6. The van der Waals surface area contributed by atoms with Gasteiger partial charge in [-0.2, -0.15) is 0 Å². The zero-order chi connectivity index (χ0) is 12.8. The summed E-state index contributed by atoms with van der Waals surface area (Å²) < 4.78 is 0. The lowest BCUT2D eigenvalue weighted by Gasteiger charge is -2.23. The van der Waals surface area contributed by atoms with Gasteiger partial charge in [-0.05, 0) is 33.4 Å². The molecule has 0 radical (unpaired) electrons. The van der Waals surface area contributed by atoms with E-state index in [1.165, 1.54) is 0 Å². The van der Waals surface area contributed by atoms with Crippen LogP contribution in [0.1, 0.15) is 40.0 Å². The molecule has 0 heterocycles. The molecule has 0 amide bonds. The summed E-state index contributed by atoms with van der Waals surface area (Å²) in [6, 6.07) is 0. The Morgan fingerprint density at radius 1 is 1.44 bits per heavy atom. The van der Waals surface area contributed by atoms with Crippen molar-refractivity contribution in [3.05, 3.63) is 0 Å². The zero-order valence-corrected chi connectivity index (χ0v) is 11.1. The lowest BCUT2D eigenvalue weighted by Crippen LogP contribution is -2.31. The second-order valence-corrected chi connectivity index (χ2v) is 5.37. The van der Waals surface area contributed by atoms with Crippen molar-refractivity contribution in [2.75, 3.05) is 20.1 Å². The van der Waals surface area contributed by atoms with Gasteiger partial charge in [0.25, 0.3) is 0 Å². The van der Waals surface area contributed by atoms with E-state index in [-0.39, 0.29) is 17.4 Å². The Morgan fingerprint density at radius 2 is 2.00 bits per heavy atom. The molecule has 1 atom stereocenters. The van der Waals surface area contributed by atoms with E-state index < -0.39 is 0 Å². The highest BCUT2D eigenvalue weighted by Crippen LogP contribution is 2.22. The summed E-state index contributed by atoms with van der Waals surface area (Å²) in [6.45, 7) is 7.52. The van der Waals surface area contributed by atoms with E-state index in [4.69, 9.17) is 11.1 Å². The van der Waals surface area contributed by atoms with E-state index in [0.29, 0.717) is 0 Å². The van der Waals surface area contributed by atoms with Gasteiger partial charge in [0.05, 0.1) is 11.9 Å². The van der Waals surface area contributed by atoms with Crippen molar-refractivity contribution in [3.63, 3.8) is 0 Å². The first-order valence-corrected chi connectivity index (χ1v) is 5.97. The summed E-state index contributed by atoms with van der Waals surface area (Å²) in [4.78, 5) is 2.13. The second-order valence-electron chi connectivity index (χ2n) is 5.37. The number of hydrogen-bond donors (Lipinski definition) is 3. The molecule has 0 aromatic carbocycles. The van der Waals surface area contributed by atoms with E-state index >= 15 is 0 Å². The largest absolute Gasteiger partial charge is 0.392 e. The Morgan fingerprint density at radius 3 is 2.44 bits per heavy atom. The standard InChI is InChI=1S/C12H27N3O/c1-10(16)9-15(4)8-6-5-7-12(2,3)11(13)14/h10,16H,5-9H2,1-4H3,(H3,13,14). The number of aliphatic hydroxyl groups excluding tert-OH is 1. The van der Waals surface area contributed by atoms with Gasteiger partial charge in [-0.15, -0.1) is 0 Å². The monoisotopic (exact) mass is 229 g/mol. The van der Waals surface area contributed by atoms with E-state index in [1.54, 1.807) is 6.92 Å². The molecule has 0 spiro atoms. The Balaban J connectivity index is 3.64. The van der Waals surface area contributed by atoms with Gasteiger partial charge >= 0.3 is 0 Å². The van der Waals surface area contributed by atoms with Crippen LogP contribution in [-0.4, -0.2) is 42.1 Å². The third-order valence-corrected chi connectivity index (χ3v) is 2.90. The lowest BCUT2D eigenvalue weighted by molar-refractivity contribution is 0.140. The van der Waals surface area contributed by atoms with Crippen molar-refractivity contribution in [3.8, 4) is 0 Å². The van der Waals surface area contributed by atoms with E-state index in [1.807, 2.05) is 20.9 Å². The van der Waals surface area contributed by atoms with Crippen LogP contribution in [0.25, 0.3) is 0 Å². The average Bonchev–Trinajstić information content (AvgIpc) is 2.11. The number of aliphatic hydroxyl groups is 1. The fourth-order valence-corrected chi connectivity index (χ4v) is 1.63. The van der Waals surface area contributed by atoms with Gasteiger partial charge in [-0.1, -0.05) is 20.3 Å². The van der Waals surface area contributed by atoms with Crippen LogP contribution < -0.4 is 5.73 Å². The summed E-state index contributed by atoms with van der Waals surface area (Å²) in [7, 11) is 2.02. The third-order valence-electron chi connectivity index (χ3n) is 2.90. The van der Waals surface area contributed by atoms with Crippen LogP contribution in [-0.2, 0) is 0 Å². The molecule has 16 heavy (non-hydrogen) atoms. The Labute approximate surface area is 99.3 Å². The number of unbranched alkanes of at least 4 members (excludes halogenated alkanes) is 1. The number of rotatable bonds is 8. The highest BCUT2D eigenvalue weighted by Gasteiger charge is 2.20. The molecule has 0 bridgehead atoms. The van der Waals surface area contributed by atoms with Crippen molar-refractivity contribution in [2.45, 2.75) is 46.1 Å². The van der Waals surface area contributed by atoms with E-state index in [9.17, 15) is 5.11 Å². The third kappa shape index (κ3) is 6.80. The maximum Gasteiger partial charge on any atom is 0.0963 e. The van der Waals surface area contributed by atoms with Crippen molar-refractivity contribution in [1.29, 1.82) is 5.41 Å². The summed E-state index contributed by atoms with van der Waals surface area (Å²) in [5.74, 6) is 0.268. The molecule has 96 valence electrons. The van der Waals surface area contributed by atoms with Crippen molar-refractivity contribution in [2.24, 2.45) is 11.1 Å². The predicted octanol–water partition coefficient (Wildman–Crippen LogP) is 1.43. The SMILES string of the molecule is CC(O)CN(C)CCCCC(C)(C)C(=N)N. The topological polar surface area (TPSA) is 73.3 Å². The molecule has 0 saturated heterocycles.